The molecule has 5 aromatic carbocycles. The van der Waals surface area contributed by atoms with Crippen molar-refractivity contribution in [2.75, 3.05) is 0 Å². The summed E-state index contributed by atoms with van der Waals surface area (Å²) in [6.45, 7) is 4.28. The number of fused-ring (bicyclic) bond motifs is 7. The molecule has 7 rings (SSSR count). The first-order chi connectivity index (χ1) is 16.6. The van der Waals surface area contributed by atoms with Crippen molar-refractivity contribution in [1.29, 1.82) is 0 Å². The van der Waals surface area contributed by atoms with Crippen molar-refractivity contribution in [2.24, 2.45) is 0 Å². The third-order valence-corrected chi connectivity index (χ3v) is 9.16. The Morgan fingerprint density at radius 3 is 1.15 bits per heavy atom. The lowest BCUT2D eigenvalue weighted by atomic mass is 9.97. The van der Waals surface area contributed by atoms with Gasteiger partial charge in [-0.2, -0.15) is 0 Å². The van der Waals surface area contributed by atoms with Crippen molar-refractivity contribution in [3.05, 3.63) is 108 Å². The van der Waals surface area contributed by atoms with Crippen molar-refractivity contribution in [1.82, 2.24) is 0 Å². The average Bonchev–Trinajstić information content (AvgIpc) is 3.49. The summed E-state index contributed by atoms with van der Waals surface area (Å²) >= 11 is 3.77. The molecule has 0 aliphatic rings. The lowest BCUT2D eigenvalue weighted by molar-refractivity contribution is 1.48. The van der Waals surface area contributed by atoms with Crippen molar-refractivity contribution in [3.8, 4) is 20.9 Å². The summed E-state index contributed by atoms with van der Waals surface area (Å²) in [5.74, 6) is 0. The molecule has 0 N–H and O–H groups in total. The molecule has 2 heterocycles. The molecule has 0 spiro atoms. The third kappa shape index (κ3) is 3.10. The van der Waals surface area contributed by atoms with Gasteiger partial charge in [0, 0.05) is 29.9 Å². The fourth-order valence-electron chi connectivity index (χ4n) is 4.98. The van der Waals surface area contributed by atoms with E-state index >= 15 is 0 Å². The maximum Gasteiger partial charge on any atom is 0.0355 e. The van der Waals surface area contributed by atoms with E-state index in [1.807, 2.05) is 22.7 Å². The third-order valence-electron chi connectivity index (χ3n) is 6.86. The van der Waals surface area contributed by atoms with Crippen molar-refractivity contribution < 1.29 is 0 Å². The minimum absolute atomic E-state index is 1.30. The maximum absolute atomic E-state index is 2.37. The fraction of sp³-hybridized carbons (Fsp3) is 0.0625. The number of benzene rings is 5. The predicted octanol–water partition coefficient (Wildman–Crippen LogP) is 10.4. The Bertz CT molecular complexity index is 1710. The van der Waals surface area contributed by atoms with Crippen LogP contribution in [-0.2, 0) is 0 Å². The zero-order valence-electron chi connectivity index (χ0n) is 19.1. The Morgan fingerprint density at radius 1 is 0.382 bits per heavy atom. The minimum Gasteiger partial charge on any atom is -0.135 e. The molecule has 0 aliphatic heterocycles. The van der Waals surface area contributed by atoms with Crippen LogP contribution in [0, 0.1) is 13.8 Å². The lowest BCUT2D eigenvalue weighted by Crippen LogP contribution is -1.79. The van der Waals surface area contributed by atoms with Gasteiger partial charge >= 0.3 is 0 Å². The molecule has 0 bridgehead atoms. The largest absolute Gasteiger partial charge is 0.135 e. The van der Waals surface area contributed by atoms with E-state index in [4.69, 9.17) is 0 Å². The van der Waals surface area contributed by atoms with Crippen LogP contribution in [0.15, 0.2) is 97.1 Å². The summed E-state index contributed by atoms with van der Waals surface area (Å²) < 4.78 is 2.70. The van der Waals surface area contributed by atoms with Crippen molar-refractivity contribution >= 4 is 64.4 Å². The summed E-state index contributed by atoms with van der Waals surface area (Å²) in [6.07, 6.45) is 0. The molecule has 2 aromatic heterocycles. The van der Waals surface area contributed by atoms with Crippen molar-refractivity contribution in [2.45, 2.75) is 13.8 Å². The van der Waals surface area contributed by atoms with Gasteiger partial charge in [0.15, 0.2) is 0 Å². The van der Waals surface area contributed by atoms with Crippen LogP contribution in [-0.4, -0.2) is 0 Å². The zero-order valence-corrected chi connectivity index (χ0v) is 20.7. The van der Waals surface area contributed by atoms with Gasteiger partial charge < -0.3 is 0 Å². The van der Waals surface area contributed by atoms with Crippen LogP contribution in [0.1, 0.15) is 11.1 Å². The summed E-state index contributed by atoms with van der Waals surface area (Å²) in [7, 11) is 0. The van der Waals surface area contributed by atoms with Gasteiger partial charge in [-0.05, 0) is 70.8 Å². The van der Waals surface area contributed by atoms with Crippen LogP contribution in [0.25, 0.3) is 62.6 Å². The molecule has 0 radical (unpaired) electrons. The molecule has 0 unspecified atom stereocenters. The topological polar surface area (TPSA) is 0 Å². The Hall–Kier alpha value is -3.46. The number of thiophene rings is 2. The number of hydrogen-bond donors (Lipinski definition) is 0. The highest BCUT2D eigenvalue weighted by atomic mass is 32.1. The van der Waals surface area contributed by atoms with Gasteiger partial charge in [-0.15, -0.1) is 22.7 Å². The molecule has 0 saturated carbocycles. The molecule has 7 aromatic rings. The van der Waals surface area contributed by atoms with Crippen LogP contribution < -0.4 is 0 Å². The highest BCUT2D eigenvalue weighted by Crippen LogP contribution is 2.42. The summed E-state index contributed by atoms with van der Waals surface area (Å²) in [5, 5.41) is 8.06. The standard InChI is InChI=1S/C32H22S2/c1-19-3-7-21(8-4-19)31-17-27-25-11-12-26-24(23(25)13-15-29(27)33-31)14-16-30-28(26)18-32(34-30)22-9-5-20(2)6-10-22/h3-18H,1-2H3. The highest BCUT2D eigenvalue weighted by molar-refractivity contribution is 7.22. The molecule has 0 atom stereocenters. The molecule has 0 saturated heterocycles. The molecule has 162 valence electrons. The SMILES string of the molecule is Cc1ccc(-c2cc3c(ccc4c3ccc3c5cc(-c6ccc(C)cc6)sc5ccc34)s2)cc1. The number of rotatable bonds is 2. The van der Waals surface area contributed by atoms with E-state index < -0.39 is 0 Å². The second kappa shape index (κ2) is 7.53. The Balaban J connectivity index is 1.43. The second-order valence-corrected chi connectivity index (χ2v) is 11.3. The van der Waals surface area contributed by atoms with E-state index in [0.717, 1.165) is 0 Å². The molecule has 0 fully saturated rings. The molecule has 34 heavy (non-hydrogen) atoms. The number of hydrogen-bond acceptors (Lipinski definition) is 2. The first kappa shape index (κ1) is 20.0. The second-order valence-electron chi connectivity index (χ2n) is 9.16. The zero-order chi connectivity index (χ0) is 22.8. The lowest BCUT2D eigenvalue weighted by Gasteiger charge is -2.06. The summed E-state index contributed by atoms with van der Waals surface area (Å²) in [4.78, 5) is 2.66. The molecular formula is C32H22S2. The molecule has 2 heteroatoms. The number of aryl methyl sites for hydroxylation is 2. The molecule has 0 amide bonds. The van der Waals surface area contributed by atoms with Crippen LogP contribution in [0.5, 0.6) is 0 Å². The van der Waals surface area contributed by atoms with Gasteiger partial charge in [0.2, 0.25) is 0 Å². The van der Waals surface area contributed by atoms with Gasteiger partial charge in [-0.1, -0.05) is 83.9 Å². The van der Waals surface area contributed by atoms with Gasteiger partial charge in [-0.25, -0.2) is 0 Å². The van der Waals surface area contributed by atoms with Crippen LogP contribution in [0.3, 0.4) is 0 Å². The first-order valence-corrected chi connectivity index (χ1v) is 13.2. The van der Waals surface area contributed by atoms with E-state index in [1.54, 1.807) is 0 Å². The average molecular weight is 471 g/mol. The van der Waals surface area contributed by atoms with Crippen LogP contribution >= 0.6 is 22.7 Å². The van der Waals surface area contributed by atoms with Crippen molar-refractivity contribution in [3.63, 3.8) is 0 Å². The fourth-order valence-corrected chi connectivity index (χ4v) is 7.15. The predicted molar refractivity (Wildman–Crippen MR) is 153 cm³/mol. The van der Waals surface area contributed by atoms with Gasteiger partial charge in [0.05, 0.1) is 0 Å². The monoisotopic (exact) mass is 470 g/mol. The smallest absolute Gasteiger partial charge is 0.0355 e. The molecule has 0 aliphatic carbocycles. The molecular weight excluding hydrogens is 448 g/mol. The summed E-state index contributed by atoms with van der Waals surface area (Å²) in [5.41, 5.74) is 5.19. The van der Waals surface area contributed by atoms with Gasteiger partial charge in [-0.3, -0.25) is 0 Å². The van der Waals surface area contributed by atoms with E-state index in [9.17, 15) is 0 Å². The first-order valence-electron chi connectivity index (χ1n) is 11.6. The van der Waals surface area contributed by atoms with Crippen LogP contribution in [0.4, 0.5) is 0 Å². The van der Waals surface area contributed by atoms with Crippen LogP contribution in [0.2, 0.25) is 0 Å². The Morgan fingerprint density at radius 2 is 0.735 bits per heavy atom. The van der Waals surface area contributed by atoms with E-state index in [-0.39, 0.29) is 0 Å². The quantitative estimate of drug-likeness (QED) is 0.220. The maximum atomic E-state index is 2.37. The van der Waals surface area contributed by atoms with E-state index in [1.165, 1.54) is 73.7 Å². The van der Waals surface area contributed by atoms with E-state index in [2.05, 4.69) is 111 Å². The Labute approximate surface area is 206 Å². The highest BCUT2D eigenvalue weighted by Gasteiger charge is 2.12. The molecule has 0 nitrogen and oxygen atoms in total. The minimum atomic E-state index is 1.30. The normalized spacial score (nSPS) is 11.8. The van der Waals surface area contributed by atoms with Gasteiger partial charge in [0.1, 0.15) is 0 Å². The summed E-state index contributed by atoms with van der Waals surface area (Å²) in [6, 6.07) is 36.3. The Kier molecular flexibility index (Phi) is 4.42. The van der Waals surface area contributed by atoms with Gasteiger partial charge in [0.25, 0.3) is 0 Å². The van der Waals surface area contributed by atoms with E-state index in [0.29, 0.717) is 0 Å².